The van der Waals surface area contributed by atoms with Crippen molar-refractivity contribution >= 4 is 69.6 Å². The van der Waals surface area contributed by atoms with Gasteiger partial charge in [-0.1, -0.05) is 189 Å². The fraction of sp³-hybridized carbons (Fsp3) is 0.130. The minimum absolute atomic E-state index is 1.25. The zero-order chi connectivity index (χ0) is 33.2. The Morgan fingerprint density at radius 3 is 1.44 bits per heavy atom. The van der Waals surface area contributed by atoms with Gasteiger partial charge in [0, 0.05) is 0 Å². The lowest BCUT2D eigenvalue weighted by Crippen LogP contribution is -2.37. The van der Waals surface area contributed by atoms with E-state index < -0.39 is 16.1 Å². The van der Waals surface area contributed by atoms with Gasteiger partial charge in [0.05, 0.1) is 16.1 Å². The first kappa shape index (κ1) is 30.6. The van der Waals surface area contributed by atoms with Crippen LogP contribution in [0.1, 0.15) is 0 Å². The number of rotatable bonds is 5. The molecule has 0 spiro atoms. The molecule has 0 saturated heterocycles. The molecule has 0 heterocycles. The SMILES string of the molecule is C[Si](C)(C)c1ccc2c(-c3ccc4ccccc4c3)c3cc([Si](C)(C)C)ccc3c(-c3ccc(-c4cccc5ccccc45)cc3)c2c1. The van der Waals surface area contributed by atoms with Crippen LogP contribution in [0.15, 0.2) is 146 Å². The number of fused-ring (bicyclic) bond motifs is 4. The molecular weight excluding hydrogens is 609 g/mol. The normalized spacial score (nSPS) is 12.4. The van der Waals surface area contributed by atoms with Gasteiger partial charge in [0.25, 0.3) is 0 Å². The van der Waals surface area contributed by atoms with Crippen molar-refractivity contribution in [2.75, 3.05) is 0 Å². The summed E-state index contributed by atoms with van der Waals surface area (Å²) in [7, 11) is -3.16. The predicted octanol–water partition coefficient (Wildman–Crippen LogP) is 12.4. The van der Waals surface area contributed by atoms with E-state index in [1.54, 1.807) is 0 Å². The second kappa shape index (κ2) is 11.4. The van der Waals surface area contributed by atoms with E-state index in [1.807, 2.05) is 0 Å². The van der Waals surface area contributed by atoms with Crippen LogP contribution in [0.4, 0.5) is 0 Å². The Morgan fingerprint density at radius 1 is 0.312 bits per heavy atom. The van der Waals surface area contributed by atoms with E-state index in [2.05, 4.69) is 185 Å². The van der Waals surface area contributed by atoms with Gasteiger partial charge in [0.1, 0.15) is 0 Å². The van der Waals surface area contributed by atoms with Gasteiger partial charge in [-0.2, -0.15) is 0 Å². The monoisotopic (exact) mass is 650 g/mol. The Balaban J connectivity index is 1.45. The van der Waals surface area contributed by atoms with Gasteiger partial charge < -0.3 is 0 Å². The van der Waals surface area contributed by atoms with Crippen molar-refractivity contribution in [2.45, 2.75) is 39.3 Å². The van der Waals surface area contributed by atoms with E-state index in [0.717, 1.165) is 0 Å². The van der Waals surface area contributed by atoms with E-state index in [0.29, 0.717) is 0 Å². The molecule has 0 nitrogen and oxygen atoms in total. The fourth-order valence-corrected chi connectivity index (χ4v) is 9.74. The molecule has 0 atom stereocenters. The van der Waals surface area contributed by atoms with Crippen molar-refractivity contribution in [2.24, 2.45) is 0 Å². The highest BCUT2D eigenvalue weighted by Gasteiger charge is 2.24. The van der Waals surface area contributed by atoms with Crippen LogP contribution in [0.25, 0.3) is 76.5 Å². The minimum atomic E-state index is -1.58. The average Bonchev–Trinajstić information content (AvgIpc) is 3.09. The third-order valence-corrected chi connectivity index (χ3v) is 14.2. The van der Waals surface area contributed by atoms with Crippen LogP contribution < -0.4 is 10.4 Å². The lowest BCUT2D eigenvalue weighted by Gasteiger charge is -2.24. The summed E-state index contributed by atoms with van der Waals surface area (Å²) in [5, 5.41) is 13.5. The molecule has 0 aromatic heterocycles. The van der Waals surface area contributed by atoms with Crippen molar-refractivity contribution in [3.63, 3.8) is 0 Å². The Kier molecular flexibility index (Phi) is 7.28. The molecule has 48 heavy (non-hydrogen) atoms. The van der Waals surface area contributed by atoms with E-state index >= 15 is 0 Å². The number of benzene rings is 8. The maximum Gasteiger partial charge on any atom is 0.0776 e. The molecule has 0 aliphatic carbocycles. The zero-order valence-electron chi connectivity index (χ0n) is 28.9. The van der Waals surface area contributed by atoms with Crippen LogP contribution in [0, 0.1) is 0 Å². The second-order valence-corrected chi connectivity index (χ2v) is 25.6. The molecule has 2 heteroatoms. The molecule has 0 aliphatic heterocycles. The van der Waals surface area contributed by atoms with Gasteiger partial charge in [-0.05, 0) is 82.5 Å². The first-order valence-corrected chi connectivity index (χ1v) is 24.2. The van der Waals surface area contributed by atoms with Crippen molar-refractivity contribution in [1.29, 1.82) is 0 Å². The molecule has 0 amide bonds. The third-order valence-electron chi connectivity index (χ3n) is 10.2. The Morgan fingerprint density at radius 2 is 0.812 bits per heavy atom. The highest BCUT2D eigenvalue weighted by molar-refractivity contribution is 6.89. The van der Waals surface area contributed by atoms with E-state index in [-0.39, 0.29) is 0 Å². The highest BCUT2D eigenvalue weighted by Crippen LogP contribution is 2.44. The molecule has 0 radical (unpaired) electrons. The summed E-state index contributed by atoms with van der Waals surface area (Å²) < 4.78 is 0. The van der Waals surface area contributed by atoms with E-state index in [9.17, 15) is 0 Å². The Bertz CT molecular complexity index is 2500. The van der Waals surface area contributed by atoms with Crippen LogP contribution in [0.3, 0.4) is 0 Å². The maximum absolute atomic E-state index is 2.53. The molecule has 8 aromatic carbocycles. The highest BCUT2D eigenvalue weighted by atomic mass is 28.3. The summed E-state index contributed by atoms with van der Waals surface area (Å²) in [4.78, 5) is 0. The van der Waals surface area contributed by atoms with Crippen LogP contribution >= 0.6 is 0 Å². The third kappa shape index (κ3) is 5.30. The fourth-order valence-electron chi connectivity index (χ4n) is 7.42. The molecule has 0 N–H and O–H groups in total. The van der Waals surface area contributed by atoms with Crippen molar-refractivity contribution < 1.29 is 0 Å². The molecule has 8 aromatic rings. The van der Waals surface area contributed by atoms with Crippen molar-refractivity contribution in [3.8, 4) is 33.4 Å². The zero-order valence-corrected chi connectivity index (χ0v) is 30.9. The van der Waals surface area contributed by atoms with E-state index in [4.69, 9.17) is 0 Å². The minimum Gasteiger partial charge on any atom is -0.0656 e. The smallest absolute Gasteiger partial charge is 0.0656 e. The molecule has 0 unspecified atom stereocenters. The quantitative estimate of drug-likeness (QED) is 0.128. The first-order valence-electron chi connectivity index (χ1n) is 17.2. The summed E-state index contributed by atoms with van der Waals surface area (Å²) in [5.41, 5.74) is 7.78. The molecule has 0 saturated carbocycles. The van der Waals surface area contributed by atoms with Crippen LogP contribution in [0.5, 0.6) is 0 Å². The maximum atomic E-state index is 2.53. The van der Waals surface area contributed by atoms with Crippen LogP contribution in [0.2, 0.25) is 39.3 Å². The van der Waals surface area contributed by atoms with Gasteiger partial charge in [0.2, 0.25) is 0 Å². The van der Waals surface area contributed by atoms with E-state index in [1.165, 1.54) is 86.8 Å². The molecule has 0 aliphatic rings. The summed E-state index contributed by atoms with van der Waals surface area (Å²) in [6, 6.07) is 55.2. The van der Waals surface area contributed by atoms with Crippen molar-refractivity contribution in [1.82, 2.24) is 0 Å². The van der Waals surface area contributed by atoms with Gasteiger partial charge in [-0.15, -0.1) is 0 Å². The molecular formula is C46H42Si2. The molecule has 8 rings (SSSR count). The molecule has 0 bridgehead atoms. The Hall–Kier alpha value is -4.77. The molecule has 234 valence electrons. The molecule has 0 fully saturated rings. The van der Waals surface area contributed by atoms with Gasteiger partial charge in [-0.25, -0.2) is 0 Å². The van der Waals surface area contributed by atoms with Crippen molar-refractivity contribution in [3.05, 3.63) is 146 Å². The van der Waals surface area contributed by atoms with Crippen LogP contribution in [-0.2, 0) is 0 Å². The van der Waals surface area contributed by atoms with Gasteiger partial charge in [-0.3, -0.25) is 0 Å². The standard InChI is InChI=1S/C46H42Si2/c1-47(2,3)37-25-27-42-43(29-37)45(34-21-19-33(20-22-34)40-17-11-15-32-13-9-10-16-39(32)40)41-26-24-38(48(4,5)6)30-44(41)46(42)36-23-18-31-12-7-8-14-35(31)28-36/h7-30H,1-6H3. The van der Waals surface area contributed by atoms with Crippen LogP contribution in [-0.4, -0.2) is 16.1 Å². The number of hydrogen-bond donors (Lipinski definition) is 0. The number of hydrogen-bond acceptors (Lipinski definition) is 0. The summed E-state index contributed by atoms with van der Waals surface area (Å²) in [6.45, 7) is 14.7. The Labute approximate surface area is 286 Å². The summed E-state index contributed by atoms with van der Waals surface area (Å²) in [6.07, 6.45) is 0. The largest absolute Gasteiger partial charge is 0.0776 e. The van der Waals surface area contributed by atoms with Gasteiger partial charge >= 0.3 is 0 Å². The lowest BCUT2D eigenvalue weighted by atomic mass is 9.85. The average molecular weight is 651 g/mol. The predicted molar refractivity (Wildman–Crippen MR) is 219 cm³/mol. The first-order chi connectivity index (χ1) is 23.1. The second-order valence-electron chi connectivity index (χ2n) is 15.4. The summed E-state index contributed by atoms with van der Waals surface area (Å²) in [5.74, 6) is 0. The summed E-state index contributed by atoms with van der Waals surface area (Å²) >= 11 is 0. The topological polar surface area (TPSA) is 0 Å². The lowest BCUT2D eigenvalue weighted by molar-refractivity contribution is 1.63. The van der Waals surface area contributed by atoms with Gasteiger partial charge in [0.15, 0.2) is 0 Å².